The van der Waals surface area contributed by atoms with Crippen molar-refractivity contribution in [1.29, 1.82) is 0 Å². The van der Waals surface area contributed by atoms with Gasteiger partial charge in [0.25, 0.3) is 11.5 Å². The zero-order valence-electron chi connectivity index (χ0n) is 18.2. The minimum atomic E-state index is -0.219. The van der Waals surface area contributed by atoms with E-state index in [0.29, 0.717) is 41.3 Å². The fourth-order valence-electron chi connectivity index (χ4n) is 5.08. The number of aryl methyl sites for hydroxylation is 1. The molecule has 33 heavy (non-hydrogen) atoms. The summed E-state index contributed by atoms with van der Waals surface area (Å²) in [7, 11) is 0. The standard InChI is InChI=1S/C25H23ClN4O3/c1-14-7-21-20(9-19(14)25(32)29-11-15-4-5-18(26)8-17(15)12-29)28-24(31)22-10-27-23(30(21)22)16-3-2-6-33-13-16/h4-5,7-10,16H,2-3,6,11-13H2,1H3,(H,28,31). The van der Waals surface area contributed by atoms with Crippen LogP contribution in [-0.4, -0.2) is 38.4 Å². The summed E-state index contributed by atoms with van der Waals surface area (Å²) in [4.78, 5) is 35.6. The normalized spacial score (nSPS) is 18.2. The minimum Gasteiger partial charge on any atom is -0.381 e. The zero-order chi connectivity index (χ0) is 22.7. The third-order valence-corrected chi connectivity index (χ3v) is 7.02. The van der Waals surface area contributed by atoms with Gasteiger partial charge in [-0.3, -0.25) is 14.0 Å². The van der Waals surface area contributed by atoms with Gasteiger partial charge in [-0.1, -0.05) is 17.7 Å². The Morgan fingerprint density at radius 1 is 1.18 bits per heavy atom. The molecule has 8 heteroatoms. The highest BCUT2D eigenvalue weighted by Gasteiger charge is 2.27. The number of ether oxygens (including phenoxy) is 1. The molecule has 6 rings (SSSR count). The van der Waals surface area contributed by atoms with Gasteiger partial charge in [-0.25, -0.2) is 4.98 Å². The number of nitrogens with zero attached hydrogens (tertiary/aromatic N) is 3. The van der Waals surface area contributed by atoms with Crippen LogP contribution in [0.3, 0.4) is 0 Å². The Hall–Kier alpha value is -3.16. The number of hydrogen-bond donors (Lipinski definition) is 1. The molecule has 1 atom stereocenters. The first-order chi connectivity index (χ1) is 16.0. The van der Waals surface area contributed by atoms with Gasteiger partial charge in [0, 0.05) is 36.2 Å². The van der Waals surface area contributed by atoms with Crippen LogP contribution < -0.4 is 5.56 Å². The summed E-state index contributed by atoms with van der Waals surface area (Å²) < 4.78 is 7.60. The SMILES string of the molecule is Cc1cc2c(cc1C(=O)N1Cc3ccc(Cl)cc3C1)[nH]c(=O)c1cnc(C3CCCOC3)n12. The summed E-state index contributed by atoms with van der Waals surface area (Å²) in [6, 6.07) is 9.51. The van der Waals surface area contributed by atoms with Crippen molar-refractivity contribution in [2.45, 2.75) is 38.8 Å². The lowest BCUT2D eigenvalue weighted by Gasteiger charge is -2.22. The monoisotopic (exact) mass is 462 g/mol. The Balaban J connectivity index is 1.43. The number of amides is 1. The number of nitrogens with one attached hydrogen (secondary N) is 1. The van der Waals surface area contributed by atoms with Crippen LogP contribution in [0.1, 0.15) is 51.6 Å². The molecule has 2 aliphatic heterocycles. The van der Waals surface area contributed by atoms with Crippen molar-refractivity contribution in [3.05, 3.63) is 80.0 Å². The molecule has 168 valence electrons. The summed E-state index contributed by atoms with van der Waals surface area (Å²) in [5.74, 6) is 0.920. The van der Waals surface area contributed by atoms with Crippen LogP contribution in [0.5, 0.6) is 0 Å². The van der Waals surface area contributed by atoms with Crippen molar-refractivity contribution in [3.8, 4) is 0 Å². The number of aromatic amines is 1. The van der Waals surface area contributed by atoms with Crippen molar-refractivity contribution >= 4 is 34.1 Å². The summed E-state index contributed by atoms with van der Waals surface area (Å²) in [6.07, 6.45) is 3.58. The second kappa shape index (κ2) is 7.71. The van der Waals surface area contributed by atoms with Crippen LogP contribution in [0.4, 0.5) is 0 Å². The molecule has 0 bridgehead atoms. The van der Waals surface area contributed by atoms with Crippen LogP contribution in [-0.2, 0) is 17.8 Å². The molecular formula is C25H23ClN4O3. The van der Waals surface area contributed by atoms with Gasteiger partial charge in [-0.05, 0) is 60.7 Å². The van der Waals surface area contributed by atoms with E-state index >= 15 is 0 Å². The van der Waals surface area contributed by atoms with Gasteiger partial charge >= 0.3 is 0 Å². The smallest absolute Gasteiger partial charge is 0.274 e. The van der Waals surface area contributed by atoms with Crippen molar-refractivity contribution in [1.82, 2.24) is 19.3 Å². The van der Waals surface area contributed by atoms with Crippen molar-refractivity contribution in [2.24, 2.45) is 0 Å². The molecule has 2 aliphatic rings. The summed E-state index contributed by atoms with van der Waals surface area (Å²) in [6.45, 7) is 4.37. The average molecular weight is 463 g/mol. The molecule has 2 aromatic carbocycles. The first-order valence-electron chi connectivity index (χ1n) is 11.2. The van der Waals surface area contributed by atoms with E-state index in [2.05, 4.69) is 9.97 Å². The van der Waals surface area contributed by atoms with Crippen LogP contribution in [0.25, 0.3) is 16.6 Å². The van der Waals surface area contributed by atoms with Gasteiger partial charge in [0.1, 0.15) is 11.3 Å². The number of H-pyrrole nitrogens is 1. The second-order valence-corrected chi connectivity index (χ2v) is 9.40. The lowest BCUT2D eigenvalue weighted by atomic mass is 10.0. The molecule has 0 spiro atoms. The highest BCUT2D eigenvalue weighted by molar-refractivity contribution is 6.30. The number of aromatic nitrogens is 3. The van der Waals surface area contributed by atoms with Crippen LogP contribution in [0.2, 0.25) is 5.02 Å². The Morgan fingerprint density at radius 2 is 2.03 bits per heavy atom. The lowest BCUT2D eigenvalue weighted by Crippen LogP contribution is -2.26. The molecule has 4 heterocycles. The minimum absolute atomic E-state index is 0.0609. The molecule has 1 N–H and O–H groups in total. The van der Waals surface area contributed by atoms with Gasteiger partial charge < -0.3 is 14.6 Å². The maximum atomic E-state index is 13.4. The van der Waals surface area contributed by atoms with Gasteiger partial charge in [-0.2, -0.15) is 0 Å². The van der Waals surface area contributed by atoms with Gasteiger partial charge in [-0.15, -0.1) is 0 Å². The van der Waals surface area contributed by atoms with E-state index in [0.717, 1.165) is 47.5 Å². The van der Waals surface area contributed by atoms with Crippen LogP contribution in [0, 0.1) is 6.92 Å². The van der Waals surface area contributed by atoms with E-state index in [1.807, 2.05) is 40.5 Å². The summed E-state index contributed by atoms with van der Waals surface area (Å²) >= 11 is 6.13. The first kappa shape index (κ1) is 20.4. The molecular weight excluding hydrogens is 440 g/mol. The highest BCUT2D eigenvalue weighted by Crippen LogP contribution is 2.30. The summed E-state index contributed by atoms with van der Waals surface area (Å²) in [5, 5.41) is 0.672. The number of carbonyl (C=O) groups is 1. The number of hydrogen-bond acceptors (Lipinski definition) is 4. The van der Waals surface area contributed by atoms with Crippen LogP contribution in [0.15, 0.2) is 41.3 Å². The molecule has 2 aromatic heterocycles. The number of halogens is 1. The molecule has 0 saturated carbocycles. The lowest BCUT2D eigenvalue weighted by molar-refractivity contribution is 0.0750. The van der Waals surface area contributed by atoms with E-state index in [1.54, 1.807) is 12.3 Å². The molecule has 1 fully saturated rings. The largest absolute Gasteiger partial charge is 0.381 e. The van der Waals surface area contributed by atoms with Gasteiger partial charge in [0.2, 0.25) is 0 Å². The Kier molecular flexibility index (Phi) is 4.78. The molecule has 1 unspecified atom stereocenters. The number of benzene rings is 2. The molecule has 1 saturated heterocycles. The quantitative estimate of drug-likeness (QED) is 0.484. The highest BCUT2D eigenvalue weighted by atomic mass is 35.5. The third-order valence-electron chi connectivity index (χ3n) is 6.79. The summed E-state index contributed by atoms with van der Waals surface area (Å²) in [5.41, 5.74) is 5.37. The fourth-order valence-corrected chi connectivity index (χ4v) is 5.28. The topological polar surface area (TPSA) is 79.7 Å². The van der Waals surface area contributed by atoms with Crippen molar-refractivity contribution in [3.63, 3.8) is 0 Å². The van der Waals surface area contributed by atoms with Gasteiger partial charge in [0.15, 0.2) is 0 Å². The zero-order valence-corrected chi connectivity index (χ0v) is 19.0. The second-order valence-electron chi connectivity index (χ2n) is 8.96. The van der Waals surface area contributed by atoms with E-state index in [4.69, 9.17) is 16.3 Å². The third kappa shape index (κ3) is 3.34. The molecule has 0 aliphatic carbocycles. The predicted octanol–water partition coefficient (Wildman–Crippen LogP) is 4.19. The molecule has 0 radical (unpaired) electrons. The number of fused-ring (bicyclic) bond motifs is 4. The molecule has 7 nitrogen and oxygen atoms in total. The van der Waals surface area contributed by atoms with E-state index in [1.165, 1.54) is 0 Å². The first-order valence-corrected chi connectivity index (χ1v) is 11.6. The van der Waals surface area contributed by atoms with Crippen molar-refractivity contribution in [2.75, 3.05) is 13.2 Å². The fraction of sp³-hybridized carbons (Fsp3) is 0.320. The maximum absolute atomic E-state index is 13.4. The van der Waals surface area contributed by atoms with Crippen molar-refractivity contribution < 1.29 is 9.53 Å². The van der Waals surface area contributed by atoms with E-state index < -0.39 is 0 Å². The van der Waals surface area contributed by atoms with Gasteiger partial charge in [0.05, 0.1) is 23.8 Å². The Labute approximate surface area is 195 Å². The maximum Gasteiger partial charge on any atom is 0.274 e. The predicted molar refractivity (Wildman–Crippen MR) is 126 cm³/mol. The number of imidazole rings is 1. The molecule has 1 amide bonds. The Bertz CT molecular complexity index is 1480. The number of rotatable bonds is 2. The van der Waals surface area contributed by atoms with E-state index in [-0.39, 0.29) is 17.4 Å². The van der Waals surface area contributed by atoms with E-state index in [9.17, 15) is 9.59 Å². The number of carbonyl (C=O) groups excluding carboxylic acids is 1. The molecule has 4 aromatic rings. The van der Waals surface area contributed by atoms with Crippen LogP contribution >= 0.6 is 11.6 Å². The average Bonchev–Trinajstić information content (AvgIpc) is 3.44. The Morgan fingerprint density at radius 3 is 2.85 bits per heavy atom.